The molecule has 0 unspecified atom stereocenters. The van der Waals surface area contributed by atoms with Gasteiger partial charge >= 0.3 is 5.97 Å². The van der Waals surface area contributed by atoms with Gasteiger partial charge in [0.1, 0.15) is 0 Å². The van der Waals surface area contributed by atoms with Crippen LogP contribution in [0.25, 0.3) is 5.69 Å². The molecule has 1 heterocycles. The van der Waals surface area contributed by atoms with E-state index in [2.05, 4.69) is 5.32 Å². The fourth-order valence-electron chi connectivity index (χ4n) is 3.44. The zero-order chi connectivity index (χ0) is 19.6. The van der Waals surface area contributed by atoms with E-state index in [1.807, 2.05) is 73.9 Å². The largest absolute Gasteiger partial charge is 0.478 e. The van der Waals surface area contributed by atoms with Crippen LogP contribution in [-0.2, 0) is 13.1 Å². The molecule has 2 aromatic carbocycles. The smallest absolute Gasteiger partial charge is 0.337 e. The number of rotatable bonds is 6. The molecule has 140 valence electrons. The Hall–Kier alpha value is -2.56. The highest BCUT2D eigenvalue weighted by molar-refractivity contribution is 6.31. The Morgan fingerprint density at radius 2 is 1.67 bits per heavy atom. The van der Waals surface area contributed by atoms with E-state index < -0.39 is 5.97 Å². The first kappa shape index (κ1) is 19.2. The average molecular weight is 383 g/mol. The Morgan fingerprint density at radius 3 is 2.30 bits per heavy atom. The van der Waals surface area contributed by atoms with Crippen LogP contribution in [0, 0.1) is 20.8 Å². The van der Waals surface area contributed by atoms with E-state index in [9.17, 15) is 9.90 Å². The molecule has 0 spiro atoms. The third-order valence-corrected chi connectivity index (χ3v) is 5.22. The normalized spacial score (nSPS) is 11.0. The second-order valence-corrected chi connectivity index (χ2v) is 7.10. The first-order valence-electron chi connectivity index (χ1n) is 8.85. The molecule has 0 aliphatic rings. The van der Waals surface area contributed by atoms with Crippen LogP contribution in [0.5, 0.6) is 0 Å². The summed E-state index contributed by atoms with van der Waals surface area (Å²) in [6, 6.07) is 15.7. The molecule has 3 aromatic rings. The summed E-state index contributed by atoms with van der Waals surface area (Å²) in [6.07, 6.45) is 0. The molecule has 0 aliphatic carbocycles. The Kier molecular flexibility index (Phi) is 5.68. The number of carbonyl (C=O) groups is 1. The van der Waals surface area contributed by atoms with Crippen molar-refractivity contribution in [3.8, 4) is 5.69 Å². The summed E-state index contributed by atoms with van der Waals surface area (Å²) in [5.74, 6) is -0.906. The van der Waals surface area contributed by atoms with Crippen LogP contribution >= 0.6 is 11.6 Å². The third kappa shape index (κ3) is 3.92. The van der Waals surface area contributed by atoms with Crippen molar-refractivity contribution in [3.63, 3.8) is 0 Å². The summed E-state index contributed by atoms with van der Waals surface area (Å²) in [4.78, 5) is 11.9. The van der Waals surface area contributed by atoms with Crippen molar-refractivity contribution in [3.05, 3.63) is 87.2 Å². The third-order valence-electron chi connectivity index (χ3n) is 4.85. The van der Waals surface area contributed by atoms with Gasteiger partial charge in [0.25, 0.3) is 0 Å². The highest BCUT2D eigenvalue weighted by Crippen LogP contribution is 2.27. The number of aryl methyl sites for hydroxylation is 1. The van der Waals surface area contributed by atoms with E-state index in [1.54, 1.807) is 0 Å². The van der Waals surface area contributed by atoms with Crippen molar-refractivity contribution < 1.29 is 9.90 Å². The molecule has 1 aromatic heterocycles. The molecule has 0 saturated heterocycles. The highest BCUT2D eigenvalue weighted by atomic mass is 35.5. The van der Waals surface area contributed by atoms with Crippen LogP contribution in [0.2, 0.25) is 5.02 Å². The standard InChI is InChI=1S/C22H23ClN2O2/c1-14-8-10-18(11-9-14)25-15(2)19(21(16(25)3)22(26)27)13-24-12-17-6-4-5-7-20(17)23/h4-11,24H,12-13H2,1-3H3,(H,26,27). The van der Waals surface area contributed by atoms with Crippen LogP contribution < -0.4 is 5.32 Å². The molecule has 4 nitrogen and oxygen atoms in total. The minimum absolute atomic E-state index is 0.361. The zero-order valence-corrected chi connectivity index (χ0v) is 16.5. The second-order valence-electron chi connectivity index (χ2n) is 6.70. The van der Waals surface area contributed by atoms with Crippen molar-refractivity contribution in [2.75, 3.05) is 0 Å². The van der Waals surface area contributed by atoms with E-state index in [1.165, 1.54) is 5.56 Å². The maximum atomic E-state index is 11.9. The molecule has 3 rings (SSSR count). The molecule has 0 aliphatic heterocycles. The number of carboxylic acid groups (broad SMARTS) is 1. The predicted molar refractivity (Wildman–Crippen MR) is 109 cm³/mol. The number of hydrogen-bond donors (Lipinski definition) is 2. The minimum atomic E-state index is -0.906. The fraction of sp³-hybridized carbons (Fsp3) is 0.227. The van der Waals surface area contributed by atoms with Crippen LogP contribution in [-0.4, -0.2) is 15.6 Å². The Morgan fingerprint density at radius 1 is 1.00 bits per heavy atom. The van der Waals surface area contributed by atoms with E-state index >= 15 is 0 Å². The van der Waals surface area contributed by atoms with Gasteiger partial charge in [-0.25, -0.2) is 4.79 Å². The molecular weight excluding hydrogens is 360 g/mol. The van der Waals surface area contributed by atoms with Crippen molar-refractivity contribution in [1.82, 2.24) is 9.88 Å². The van der Waals surface area contributed by atoms with Gasteiger partial charge in [-0.2, -0.15) is 0 Å². The molecular formula is C22H23ClN2O2. The van der Waals surface area contributed by atoms with Crippen LogP contribution in [0.1, 0.15) is 38.4 Å². The summed E-state index contributed by atoms with van der Waals surface area (Å²) >= 11 is 6.20. The summed E-state index contributed by atoms with van der Waals surface area (Å²) in [7, 11) is 0. The summed E-state index contributed by atoms with van der Waals surface area (Å²) < 4.78 is 2.01. The van der Waals surface area contributed by atoms with Crippen molar-refractivity contribution >= 4 is 17.6 Å². The van der Waals surface area contributed by atoms with Gasteiger partial charge in [-0.15, -0.1) is 0 Å². The van der Waals surface area contributed by atoms with E-state index in [-0.39, 0.29) is 0 Å². The number of carboxylic acids is 1. The topological polar surface area (TPSA) is 54.3 Å². The monoisotopic (exact) mass is 382 g/mol. The maximum absolute atomic E-state index is 11.9. The van der Waals surface area contributed by atoms with E-state index in [0.29, 0.717) is 23.7 Å². The average Bonchev–Trinajstić information content (AvgIpc) is 2.88. The highest BCUT2D eigenvalue weighted by Gasteiger charge is 2.23. The SMILES string of the molecule is Cc1ccc(-n2c(C)c(CNCc3ccccc3Cl)c(C(=O)O)c2C)cc1. The number of nitrogens with zero attached hydrogens (tertiary/aromatic N) is 1. The van der Waals surface area contributed by atoms with Crippen molar-refractivity contribution in [2.24, 2.45) is 0 Å². The van der Waals surface area contributed by atoms with Gasteiger partial charge in [-0.3, -0.25) is 0 Å². The molecule has 0 amide bonds. The van der Waals surface area contributed by atoms with E-state index in [0.717, 1.165) is 28.2 Å². The molecule has 0 fully saturated rings. The molecule has 0 bridgehead atoms. The Bertz CT molecular complexity index is 975. The number of nitrogens with one attached hydrogen (secondary N) is 1. The lowest BCUT2D eigenvalue weighted by Crippen LogP contribution is -2.15. The summed E-state index contributed by atoms with van der Waals surface area (Å²) in [5.41, 5.74) is 5.95. The predicted octanol–water partition coefficient (Wildman–Crippen LogP) is 5.04. The van der Waals surface area contributed by atoms with Gasteiger partial charge < -0.3 is 15.0 Å². The van der Waals surface area contributed by atoms with Crippen LogP contribution in [0.15, 0.2) is 48.5 Å². The molecule has 2 N–H and O–H groups in total. The fourth-order valence-corrected chi connectivity index (χ4v) is 3.65. The van der Waals surface area contributed by atoms with Gasteiger partial charge in [0.05, 0.1) is 5.56 Å². The molecule has 0 saturated carbocycles. The summed E-state index contributed by atoms with van der Waals surface area (Å²) in [6.45, 7) is 6.89. The minimum Gasteiger partial charge on any atom is -0.478 e. The van der Waals surface area contributed by atoms with Gasteiger partial charge in [-0.05, 0) is 44.5 Å². The van der Waals surface area contributed by atoms with Gasteiger partial charge in [-0.1, -0.05) is 47.5 Å². The first-order valence-corrected chi connectivity index (χ1v) is 9.23. The van der Waals surface area contributed by atoms with Gasteiger partial charge in [0.15, 0.2) is 0 Å². The lowest BCUT2D eigenvalue weighted by Gasteiger charge is -2.11. The quantitative estimate of drug-likeness (QED) is 0.627. The molecule has 5 heteroatoms. The summed E-state index contributed by atoms with van der Waals surface area (Å²) in [5, 5.41) is 13.8. The van der Waals surface area contributed by atoms with Crippen molar-refractivity contribution in [2.45, 2.75) is 33.9 Å². The van der Waals surface area contributed by atoms with Crippen LogP contribution in [0.3, 0.4) is 0 Å². The van der Waals surface area contributed by atoms with Crippen molar-refractivity contribution in [1.29, 1.82) is 0 Å². The first-order chi connectivity index (χ1) is 12.9. The number of aromatic carboxylic acids is 1. The zero-order valence-electron chi connectivity index (χ0n) is 15.7. The van der Waals surface area contributed by atoms with E-state index in [4.69, 9.17) is 11.6 Å². The number of hydrogen-bond acceptors (Lipinski definition) is 2. The number of halogens is 1. The lowest BCUT2D eigenvalue weighted by molar-refractivity contribution is 0.0695. The second kappa shape index (κ2) is 7.99. The van der Waals surface area contributed by atoms with Gasteiger partial charge in [0, 0.05) is 40.8 Å². The molecule has 27 heavy (non-hydrogen) atoms. The molecule has 0 atom stereocenters. The Labute approximate surface area is 164 Å². The Balaban J connectivity index is 1.92. The number of benzene rings is 2. The van der Waals surface area contributed by atoms with Crippen LogP contribution in [0.4, 0.5) is 0 Å². The lowest BCUT2D eigenvalue weighted by atomic mass is 10.1. The number of aromatic nitrogens is 1. The van der Waals surface area contributed by atoms with Gasteiger partial charge in [0.2, 0.25) is 0 Å². The molecule has 0 radical (unpaired) electrons. The maximum Gasteiger partial charge on any atom is 0.337 e.